The van der Waals surface area contributed by atoms with Gasteiger partial charge in [0.2, 0.25) is 5.16 Å². The van der Waals surface area contributed by atoms with Crippen LogP contribution in [0.1, 0.15) is 24.7 Å². The monoisotopic (exact) mass is 372 g/mol. The number of ether oxygens (including phenoxy) is 1. The van der Waals surface area contributed by atoms with E-state index in [0.717, 1.165) is 18.4 Å². The molecule has 0 bridgehead atoms. The number of nitrogens with one attached hydrogen (secondary N) is 1. The van der Waals surface area contributed by atoms with Crippen molar-refractivity contribution in [3.05, 3.63) is 35.8 Å². The average molecular weight is 372 g/mol. The van der Waals surface area contributed by atoms with Crippen LogP contribution < -0.4 is 0 Å². The van der Waals surface area contributed by atoms with Crippen LogP contribution in [0.5, 0.6) is 0 Å². The minimum absolute atomic E-state index is 0.00152. The first-order chi connectivity index (χ1) is 12.7. The van der Waals surface area contributed by atoms with Gasteiger partial charge in [-0.3, -0.25) is 0 Å². The zero-order valence-corrected chi connectivity index (χ0v) is 14.7. The summed E-state index contributed by atoms with van der Waals surface area (Å²) in [5.74, 6) is -0.428. The van der Waals surface area contributed by atoms with Crippen molar-refractivity contribution in [2.24, 2.45) is 0 Å². The van der Waals surface area contributed by atoms with Crippen LogP contribution >= 0.6 is 11.8 Å². The third-order valence-electron chi connectivity index (χ3n) is 4.00. The Morgan fingerprint density at radius 2 is 2.23 bits per heavy atom. The molecule has 1 aliphatic carbocycles. The third-order valence-corrected chi connectivity index (χ3v) is 4.94. The first-order valence-electron chi connectivity index (χ1n) is 8.03. The number of nitrogens with zero attached hydrogens (tertiary/aromatic N) is 5. The van der Waals surface area contributed by atoms with E-state index in [2.05, 4.69) is 25.5 Å². The van der Waals surface area contributed by atoms with E-state index >= 15 is 0 Å². The number of tetrazole rings is 1. The van der Waals surface area contributed by atoms with Crippen molar-refractivity contribution in [3.63, 3.8) is 0 Å². The Hall–Kier alpha value is -2.88. The Balaban J connectivity index is 1.63. The van der Waals surface area contributed by atoms with Crippen LogP contribution in [0.2, 0.25) is 0 Å². The van der Waals surface area contributed by atoms with Crippen LogP contribution in [-0.4, -0.2) is 54.1 Å². The minimum atomic E-state index is -0.663. The number of hydrogen-bond donors (Lipinski definition) is 2. The second kappa shape index (κ2) is 6.79. The summed E-state index contributed by atoms with van der Waals surface area (Å²) in [5.41, 5.74) is 1.46. The Morgan fingerprint density at radius 3 is 2.96 bits per heavy atom. The summed E-state index contributed by atoms with van der Waals surface area (Å²) in [6.45, 7) is 0. The Labute approximate surface area is 152 Å². The molecule has 26 heavy (non-hydrogen) atoms. The van der Waals surface area contributed by atoms with E-state index in [9.17, 15) is 9.90 Å². The van der Waals surface area contributed by atoms with Crippen LogP contribution in [0.3, 0.4) is 0 Å². The van der Waals surface area contributed by atoms with Crippen LogP contribution in [0.25, 0.3) is 16.6 Å². The Bertz CT molecular complexity index is 958. The van der Waals surface area contributed by atoms with Gasteiger partial charge in [-0.2, -0.15) is 0 Å². The lowest BCUT2D eigenvalue weighted by Crippen LogP contribution is -2.10. The SMILES string of the molecule is COC(=O)C(=C(O)CSc1nnnn1C1CC1)c1nc2ccccc2[nH]1. The molecular weight excluding hydrogens is 356 g/mol. The number of thioether (sulfide) groups is 1. The summed E-state index contributed by atoms with van der Waals surface area (Å²) in [6.07, 6.45) is 2.10. The van der Waals surface area contributed by atoms with Crippen LogP contribution in [-0.2, 0) is 9.53 Å². The predicted octanol–water partition coefficient (Wildman–Crippen LogP) is 2.12. The molecule has 10 heteroatoms. The number of fused-ring (bicyclic) bond motifs is 1. The average Bonchev–Trinajstić information content (AvgIpc) is 3.23. The maximum absolute atomic E-state index is 12.2. The maximum atomic E-state index is 12.2. The zero-order chi connectivity index (χ0) is 18.1. The highest BCUT2D eigenvalue weighted by molar-refractivity contribution is 7.99. The highest BCUT2D eigenvalue weighted by Crippen LogP contribution is 2.36. The first kappa shape index (κ1) is 16.6. The molecule has 9 nitrogen and oxygen atoms in total. The summed E-state index contributed by atoms with van der Waals surface area (Å²) in [5, 5.41) is 22.8. The van der Waals surface area contributed by atoms with Crippen LogP contribution in [0, 0.1) is 0 Å². The van der Waals surface area contributed by atoms with Gasteiger partial charge in [0.15, 0.2) is 0 Å². The molecule has 0 atom stereocenters. The normalized spacial score (nSPS) is 15.1. The fraction of sp³-hybridized carbons (Fsp3) is 0.312. The van der Waals surface area contributed by atoms with Gasteiger partial charge < -0.3 is 14.8 Å². The molecule has 0 unspecified atom stereocenters. The van der Waals surface area contributed by atoms with Gasteiger partial charge in [-0.1, -0.05) is 23.9 Å². The van der Waals surface area contributed by atoms with Gasteiger partial charge in [0.05, 0.1) is 29.9 Å². The number of aromatic nitrogens is 6. The second-order valence-electron chi connectivity index (χ2n) is 5.84. The molecule has 2 aromatic heterocycles. The number of carbonyl (C=O) groups excluding carboxylic acids is 1. The van der Waals surface area contributed by atoms with Gasteiger partial charge >= 0.3 is 5.97 Å². The van der Waals surface area contributed by atoms with Crippen molar-refractivity contribution in [1.82, 2.24) is 30.2 Å². The van der Waals surface area contributed by atoms with E-state index in [1.165, 1.54) is 18.9 Å². The summed E-state index contributed by atoms with van der Waals surface area (Å²) >= 11 is 1.26. The number of H-pyrrole nitrogens is 1. The predicted molar refractivity (Wildman–Crippen MR) is 94.5 cm³/mol. The number of benzene rings is 1. The van der Waals surface area contributed by atoms with Crippen molar-refractivity contribution in [3.8, 4) is 0 Å². The third kappa shape index (κ3) is 3.15. The van der Waals surface area contributed by atoms with Gasteiger partial charge in [-0.25, -0.2) is 14.5 Å². The molecule has 0 radical (unpaired) electrons. The van der Waals surface area contributed by atoms with Crippen molar-refractivity contribution >= 4 is 34.3 Å². The number of imidazole rings is 1. The first-order valence-corrected chi connectivity index (χ1v) is 9.02. The number of aliphatic hydroxyl groups excluding tert-OH is 1. The summed E-state index contributed by atoms with van der Waals surface area (Å²) in [4.78, 5) is 19.6. The molecule has 1 saturated carbocycles. The quantitative estimate of drug-likeness (QED) is 0.292. The number of carbonyl (C=O) groups is 1. The maximum Gasteiger partial charge on any atom is 0.345 e. The van der Waals surface area contributed by atoms with Crippen molar-refractivity contribution in [2.45, 2.75) is 24.0 Å². The molecule has 0 aliphatic heterocycles. The van der Waals surface area contributed by atoms with E-state index in [-0.39, 0.29) is 22.9 Å². The highest BCUT2D eigenvalue weighted by Gasteiger charge is 2.28. The van der Waals surface area contributed by atoms with Gasteiger partial charge in [0.25, 0.3) is 0 Å². The molecule has 2 N–H and O–H groups in total. The smallest absolute Gasteiger partial charge is 0.345 e. The van der Waals surface area contributed by atoms with E-state index in [0.29, 0.717) is 16.7 Å². The Morgan fingerprint density at radius 1 is 1.42 bits per heavy atom. The van der Waals surface area contributed by atoms with Crippen molar-refractivity contribution in [2.75, 3.05) is 12.9 Å². The van der Waals surface area contributed by atoms with Gasteiger partial charge in [0, 0.05) is 0 Å². The van der Waals surface area contributed by atoms with Gasteiger partial charge in [-0.05, 0) is 35.4 Å². The largest absolute Gasteiger partial charge is 0.510 e. The van der Waals surface area contributed by atoms with Crippen molar-refractivity contribution < 1.29 is 14.6 Å². The molecule has 0 saturated heterocycles. The van der Waals surface area contributed by atoms with Crippen molar-refractivity contribution in [1.29, 1.82) is 0 Å². The second-order valence-corrected chi connectivity index (χ2v) is 6.78. The highest BCUT2D eigenvalue weighted by atomic mass is 32.2. The summed E-state index contributed by atoms with van der Waals surface area (Å²) in [6, 6.07) is 7.70. The lowest BCUT2D eigenvalue weighted by atomic mass is 10.2. The van der Waals surface area contributed by atoms with Crippen LogP contribution in [0.15, 0.2) is 35.2 Å². The van der Waals surface area contributed by atoms with E-state index in [4.69, 9.17) is 4.74 Å². The molecule has 0 spiro atoms. The zero-order valence-electron chi connectivity index (χ0n) is 13.9. The number of aliphatic hydroxyl groups is 1. The summed E-state index contributed by atoms with van der Waals surface area (Å²) in [7, 11) is 1.26. The lowest BCUT2D eigenvalue weighted by molar-refractivity contribution is -0.133. The van der Waals surface area contributed by atoms with E-state index in [1.54, 1.807) is 4.68 Å². The number of para-hydroxylation sites is 2. The fourth-order valence-electron chi connectivity index (χ4n) is 2.56. The molecular formula is C16H16N6O3S. The lowest BCUT2D eigenvalue weighted by Gasteiger charge is -2.07. The topological polar surface area (TPSA) is 119 Å². The minimum Gasteiger partial charge on any atom is -0.510 e. The molecule has 134 valence electrons. The molecule has 1 aliphatic rings. The number of rotatable bonds is 6. The van der Waals surface area contributed by atoms with Gasteiger partial charge in [-0.15, -0.1) is 5.10 Å². The summed E-state index contributed by atoms with van der Waals surface area (Å²) < 4.78 is 6.57. The van der Waals surface area contributed by atoms with E-state index < -0.39 is 5.97 Å². The fourth-order valence-corrected chi connectivity index (χ4v) is 3.38. The molecule has 1 fully saturated rings. The Kier molecular flexibility index (Phi) is 4.33. The number of esters is 1. The van der Waals surface area contributed by atoms with Gasteiger partial charge in [0.1, 0.15) is 17.2 Å². The molecule has 4 rings (SSSR count). The van der Waals surface area contributed by atoms with E-state index in [1.807, 2.05) is 24.3 Å². The molecule has 0 amide bonds. The standard InChI is InChI=1S/C16H16N6O3S/c1-25-15(24)13(14-17-10-4-2-3-5-11(10)18-14)12(23)8-26-16-19-20-21-22(16)9-6-7-9/h2-5,9,23H,6-8H2,1H3,(H,17,18). The molecule has 3 aromatic rings. The number of hydrogen-bond acceptors (Lipinski definition) is 8. The molecule has 1 aromatic carbocycles. The van der Waals surface area contributed by atoms with Crippen LogP contribution in [0.4, 0.5) is 0 Å². The molecule has 2 heterocycles. The number of aromatic amines is 1. The number of methoxy groups -OCH3 is 1.